The Hall–Kier alpha value is -0.910. The molecule has 1 unspecified atom stereocenters. The lowest BCUT2D eigenvalue weighted by atomic mass is 10.3. The summed E-state index contributed by atoms with van der Waals surface area (Å²) >= 11 is 0. The summed E-state index contributed by atoms with van der Waals surface area (Å²) in [6.45, 7) is 2.65. The Kier molecular flexibility index (Phi) is 5.21. The van der Waals surface area contributed by atoms with Gasteiger partial charge >= 0.3 is 0 Å². The van der Waals surface area contributed by atoms with Crippen molar-refractivity contribution in [1.29, 1.82) is 0 Å². The van der Waals surface area contributed by atoms with Crippen molar-refractivity contribution >= 4 is 0 Å². The van der Waals surface area contributed by atoms with Crippen molar-refractivity contribution in [2.75, 3.05) is 19.6 Å². The molecule has 4 N–H and O–H groups in total. The number of aromatic nitrogens is 2. The van der Waals surface area contributed by atoms with Gasteiger partial charge < -0.3 is 16.2 Å². The fourth-order valence-electron chi connectivity index (χ4n) is 1.18. The predicted molar refractivity (Wildman–Crippen MR) is 54.8 cm³/mol. The number of hydrogen-bond donors (Lipinski definition) is 3. The van der Waals surface area contributed by atoms with E-state index in [1.807, 2.05) is 12.3 Å². The first-order chi connectivity index (χ1) is 6.83. The number of nitrogens with zero attached hydrogens (tertiary/aromatic N) is 2. The molecule has 0 bridgehead atoms. The van der Waals surface area contributed by atoms with Crippen LogP contribution in [0.4, 0.5) is 0 Å². The van der Waals surface area contributed by atoms with E-state index in [9.17, 15) is 5.11 Å². The lowest BCUT2D eigenvalue weighted by Gasteiger charge is -2.11. The maximum atomic E-state index is 9.57. The van der Waals surface area contributed by atoms with Crippen LogP contribution in [0.1, 0.15) is 6.42 Å². The molecule has 0 aliphatic carbocycles. The van der Waals surface area contributed by atoms with E-state index in [1.54, 1.807) is 10.9 Å². The molecule has 0 aliphatic heterocycles. The van der Waals surface area contributed by atoms with Crippen LogP contribution in [-0.4, -0.2) is 40.6 Å². The van der Waals surface area contributed by atoms with Gasteiger partial charge in [-0.2, -0.15) is 5.10 Å². The number of aliphatic hydroxyl groups is 1. The van der Waals surface area contributed by atoms with Gasteiger partial charge in [-0.1, -0.05) is 0 Å². The monoisotopic (exact) mass is 198 g/mol. The maximum Gasteiger partial charge on any atom is 0.0860 e. The SMILES string of the molecule is NCCCNCC(O)Cn1cccn1. The third kappa shape index (κ3) is 4.36. The van der Waals surface area contributed by atoms with Crippen LogP contribution in [-0.2, 0) is 6.54 Å². The third-order valence-electron chi connectivity index (χ3n) is 1.89. The van der Waals surface area contributed by atoms with Crippen molar-refractivity contribution in [3.63, 3.8) is 0 Å². The molecule has 0 saturated carbocycles. The Morgan fingerprint density at radius 3 is 3.07 bits per heavy atom. The minimum Gasteiger partial charge on any atom is -0.390 e. The van der Waals surface area contributed by atoms with Gasteiger partial charge in [0.05, 0.1) is 12.6 Å². The number of nitrogens with two attached hydrogens (primary N) is 1. The van der Waals surface area contributed by atoms with Gasteiger partial charge in [-0.15, -0.1) is 0 Å². The molecule has 1 aromatic rings. The highest BCUT2D eigenvalue weighted by Gasteiger charge is 2.03. The zero-order valence-electron chi connectivity index (χ0n) is 8.26. The lowest BCUT2D eigenvalue weighted by Crippen LogP contribution is -2.31. The molecule has 0 saturated heterocycles. The highest BCUT2D eigenvalue weighted by Crippen LogP contribution is 1.89. The molecule has 80 valence electrons. The smallest absolute Gasteiger partial charge is 0.0860 e. The standard InChI is InChI=1S/C9H18N4O/c10-3-1-4-11-7-9(14)8-13-6-2-5-12-13/h2,5-6,9,11,14H,1,3-4,7-8,10H2. The quantitative estimate of drug-likeness (QED) is 0.500. The number of hydrogen-bond acceptors (Lipinski definition) is 4. The summed E-state index contributed by atoms with van der Waals surface area (Å²) < 4.78 is 1.72. The third-order valence-corrected chi connectivity index (χ3v) is 1.89. The minimum atomic E-state index is -0.396. The van der Waals surface area contributed by atoms with Crippen LogP contribution >= 0.6 is 0 Å². The topological polar surface area (TPSA) is 76.1 Å². The van der Waals surface area contributed by atoms with Crippen LogP contribution in [0.2, 0.25) is 0 Å². The fourth-order valence-corrected chi connectivity index (χ4v) is 1.18. The highest BCUT2D eigenvalue weighted by atomic mass is 16.3. The molecule has 0 fully saturated rings. The fraction of sp³-hybridized carbons (Fsp3) is 0.667. The number of rotatable bonds is 7. The maximum absolute atomic E-state index is 9.57. The van der Waals surface area contributed by atoms with Crippen LogP contribution in [0.5, 0.6) is 0 Å². The first-order valence-corrected chi connectivity index (χ1v) is 4.89. The molecule has 0 radical (unpaired) electrons. The second-order valence-electron chi connectivity index (χ2n) is 3.23. The Balaban J connectivity index is 2.07. The first kappa shape index (κ1) is 11.2. The van der Waals surface area contributed by atoms with E-state index in [0.717, 1.165) is 13.0 Å². The predicted octanol–water partition coefficient (Wildman–Crippen LogP) is -0.818. The normalized spacial score (nSPS) is 13.0. The molecule has 14 heavy (non-hydrogen) atoms. The van der Waals surface area contributed by atoms with Crippen LogP contribution < -0.4 is 11.1 Å². The zero-order valence-corrected chi connectivity index (χ0v) is 8.26. The molecule has 1 atom stereocenters. The molecule has 5 heteroatoms. The van der Waals surface area contributed by atoms with E-state index in [4.69, 9.17) is 5.73 Å². The highest BCUT2D eigenvalue weighted by molar-refractivity contribution is 4.78. The molecule has 1 aromatic heterocycles. The average molecular weight is 198 g/mol. The molecule has 0 amide bonds. The Labute approximate surface area is 83.9 Å². The van der Waals surface area contributed by atoms with Crippen molar-refractivity contribution in [3.8, 4) is 0 Å². The molecular formula is C9H18N4O. The van der Waals surface area contributed by atoms with Crippen molar-refractivity contribution in [1.82, 2.24) is 15.1 Å². The lowest BCUT2D eigenvalue weighted by molar-refractivity contribution is 0.147. The molecule has 1 heterocycles. The second-order valence-corrected chi connectivity index (χ2v) is 3.23. The van der Waals surface area contributed by atoms with Gasteiger partial charge in [0.15, 0.2) is 0 Å². The summed E-state index contributed by atoms with van der Waals surface area (Å²) in [6, 6.07) is 1.84. The van der Waals surface area contributed by atoms with Gasteiger partial charge in [-0.25, -0.2) is 0 Å². The summed E-state index contributed by atoms with van der Waals surface area (Å²) in [4.78, 5) is 0. The molecule has 0 aromatic carbocycles. The van der Waals surface area contributed by atoms with E-state index in [0.29, 0.717) is 19.6 Å². The molecule has 0 spiro atoms. The number of aliphatic hydroxyl groups excluding tert-OH is 1. The number of nitrogens with one attached hydrogen (secondary N) is 1. The largest absolute Gasteiger partial charge is 0.390 e. The van der Waals surface area contributed by atoms with Crippen molar-refractivity contribution < 1.29 is 5.11 Å². The van der Waals surface area contributed by atoms with Crippen LogP contribution in [0.3, 0.4) is 0 Å². The van der Waals surface area contributed by atoms with Gasteiger partial charge in [0.25, 0.3) is 0 Å². The van der Waals surface area contributed by atoms with Crippen LogP contribution in [0.15, 0.2) is 18.5 Å². The van der Waals surface area contributed by atoms with Gasteiger partial charge in [0.1, 0.15) is 0 Å². The molecular weight excluding hydrogens is 180 g/mol. The zero-order chi connectivity index (χ0) is 10.2. The van der Waals surface area contributed by atoms with E-state index < -0.39 is 6.10 Å². The molecule has 0 aliphatic rings. The van der Waals surface area contributed by atoms with Crippen molar-refractivity contribution in [2.45, 2.75) is 19.1 Å². The van der Waals surface area contributed by atoms with Gasteiger partial charge in [0.2, 0.25) is 0 Å². The summed E-state index contributed by atoms with van der Waals surface area (Å²) in [5, 5.41) is 16.7. The van der Waals surface area contributed by atoms with Crippen LogP contribution in [0.25, 0.3) is 0 Å². The van der Waals surface area contributed by atoms with E-state index in [2.05, 4.69) is 10.4 Å². The summed E-state index contributed by atoms with van der Waals surface area (Å²) in [5.41, 5.74) is 5.34. The Morgan fingerprint density at radius 2 is 2.43 bits per heavy atom. The summed E-state index contributed by atoms with van der Waals surface area (Å²) in [6.07, 6.45) is 4.08. The average Bonchev–Trinajstić information content (AvgIpc) is 2.65. The summed E-state index contributed by atoms with van der Waals surface area (Å²) in [5.74, 6) is 0. The Morgan fingerprint density at radius 1 is 1.57 bits per heavy atom. The minimum absolute atomic E-state index is 0.396. The van der Waals surface area contributed by atoms with Crippen molar-refractivity contribution in [3.05, 3.63) is 18.5 Å². The second kappa shape index (κ2) is 6.53. The molecule has 1 rings (SSSR count). The van der Waals surface area contributed by atoms with Gasteiger partial charge in [-0.3, -0.25) is 4.68 Å². The van der Waals surface area contributed by atoms with Crippen molar-refractivity contribution in [2.24, 2.45) is 5.73 Å². The molecule has 5 nitrogen and oxygen atoms in total. The van der Waals surface area contributed by atoms with Gasteiger partial charge in [0, 0.05) is 18.9 Å². The Bertz CT molecular complexity index is 225. The summed E-state index contributed by atoms with van der Waals surface area (Å²) in [7, 11) is 0. The van der Waals surface area contributed by atoms with E-state index in [-0.39, 0.29) is 0 Å². The van der Waals surface area contributed by atoms with E-state index in [1.165, 1.54) is 0 Å². The van der Waals surface area contributed by atoms with Gasteiger partial charge in [-0.05, 0) is 25.6 Å². The first-order valence-electron chi connectivity index (χ1n) is 4.89. The van der Waals surface area contributed by atoms with E-state index >= 15 is 0 Å². The van der Waals surface area contributed by atoms with Crippen LogP contribution in [0, 0.1) is 0 Å².